The maximum atomic E-state index is 12.4. The average molecular weight is 352 g/mol. The molecular weight excluding hydrogens is 327 g/mol. The third kappa shape index (κ3) is 2.70. The molecule has 0 aromatic heterocycles. The van der Waals surface area contributed by atoms with Crippen LogP contribution in [0.4, 0.5) is 0 Å². The Hall–Kier alpha value is -1.26. The van der Waals surface area contributed by atoms with Crippen LogP contribution in [0.3, 0.4) is 0 Å². The Labute approximate surface area is 143 Å². The van der Waals surface area contributed by atoms with Crippen molar-refractivity contribution in [3.05, 3.63) is 47.2 Å². The summed E-state index contributed by atoms with van der Waals surface area (Å²) in [4.78, 5) is 12.4. The summed E-state index contributed by atoms with van der Waals surface area (Å²) in [7, 11) is -4.01. The van der Waals surface area contributed by atoms with Gasteiger partial charge in [-0.25, -0.2) is 0 Å². The number of rotatable bonds is 3. The Morgan fingerprint density at radius 1 is 1.17 bits per heavy atom. The summed E-state index contributed by atoms with van der Waals surface area (Å²) in [5.41, 5.74) is 0.437. The van der Waals surface area contributed by atoms with Crippen molar-refractivity contribution < 1.29 is 22.9 Å². The van der Waals surface area contributed by atoms with Crippen molar-refractivity contribution >= 4 is 13.3 Å². The van der Waals surface area contributed by atoms with Gasteiger partial charge in [-0.2, -0.15) is 0 Å². The standard InChI is InChI=1S/C18H25O5P/c1-13(19)16-14(2)22-24(20-11-12-21-24,23-18(3,4)5)17(16)15-9-7-6-8-10-15/h6-10,17H,11-12H2,1-5H3/t17-/m1/s1. The summed E-state index contributed by atoms with van der Waals surface area (Å²) in [6.45, 7) is 9.91. The summed E-state index contributed by atoms with van der Waals surface area (Å²) >= 11 is 0. The van der Waals surface area contributed by atoms with E-state index >= 15 is 0 Å². The van der Waals surface area contributed by atoms with Gasteiger partial charge in [0.1, 0.15) is 0 Å². The molecule has 6 heteroatoms. The van der Waals surface area contributed by atoms with Crippen molar-refractivity contribution in [3.63, 3.8) is 0 Å². The van der Waals surface area contributed by atoms with Crippen LogP contribution in [-0.2, 0) is 22.9 Å². The van der Waals surface area contributed by atoms with Gasteiger partial charge in [0.15, 0.2) is 0 Å². The normalized spacial score (nSPS) is 26.9. The first-order valence-corrected chi connectivity index (χ1v) is 10.1. The minimum atomic E-state index is -4.01. The van der Waals surface area contributed by atoms with Gasteiger partial charge < -0.3 is 0 Å². The number of ketones is 1. The van der Waals surface area contributed by atoms with Gasteiger partial charge in [-0.05, 0) is 0 Å². The van der Waals surface area contributed by atoms with Gasteiger partial charge in [-0.3, -0.25) is 0 Å². The molecule has 132 valence electrons. The van der Waals surface area contributed by atoms with Crippen molar-refractivity contribution in [1.82, 2.24) is 0 Å². The van der Waals surface area contributed by atoms with E-state index in [0.29, 0.717) is 24.5 Å². The second kappa shape index (κ2) is 5.63. The first-order valence-electron chi connectivity index (χ1n) is 8.17. The van der Waals surface area contributed by atoms with Gasteiger partial charge in [-0.1, -0.05) is 0 Å². The third-order valence-electron chi connectivity index (χ3n) is 4.04. The molecule has 2 aliphatic rings. The molecule has 3 rings (SSSR count). The topological polar surface area (TPSA) is 54.0 Å². The zero-order valence-corrected chi connectivity index (χ0v) is 15.8. The van der Waals surface area contributed by atoms with Crippen molar-refractivity contribution in [1.29, 1.82) is 0 Å². The van der Waals surface area contributed by atoms with Gasteiger partial charge in [-0.15, -0.1) is 0 Å². The number of carbonyl (C=O) groups is 1. The van der Waals surface area contributed by atoms with E-state index in [0.717, 1.165) is 5.56 Å². The van der Waals surface area contributed by atoms with Crippen LogP contribution in [-0.4, -0.2) is 24.6 Å². The second-order valence-electron chi connectivity index (χ2n) is 7.17. The zero-order valence-electron chi connectivity index (χ0n) is 14.9. The molecule has 0 bridgehead atoms. The second-order valence-corrected chi connectivity index (χ2v) is 10.3. The van der Waals surface area contributed by atoms with E-state index in [1.54, 1.807) is 13.8 Å². The molecule has 0 aliphatic carbocycles. The van der Waals surface area contributed by atoms with Gasteiger partial charge >= 0.3 is 143 Å². The molecular formula is C18H25O5P. The van der Waals surface area contributed by atoms with E-state index in [2.05, 4.69) is 0 Å². The molecule has 0 saturated carbocycles. The molecule has 0 unspecified atom stereocenters. The van der Waals surface area contributed by atoms with E-state index in [4.69, 9.17) is 18.1 Å². The molecule has 2 aliphatic heterocycles. The van der Waals surface area contributed by atoms with Crippen LogP contribution in [0, 0.1) is 0 Å². The van der Waals surface area contributed by atoms with E-state index in [1.807, 2.05) is 51.1 Å². The Morgan fingerprint density at radius 2 is 1.75 bits per heavy atom. The number of hydrogen-bond acceptors (Lipinski definition) is 5. The van der Waals surface area contributed by atoms with Gasteiger partial charge in [0.05, 0.1) is 0 Å². The van der Waals surface area contributed by atoms with Crippen molar-refractivity contribution in [3.8, 4) is 0 Å². The Morgan fingerprint density at radius 3 is 2.25 bits per heavy atom. The zero-order chi connectivity index (χ0) is 17.6. The first-order chi connectivity index (χ1) is 11.2. The Bertz CT molecular complexity index is 683. The fourth-order valence-electron chi connectivity index (χ4n) is 3.50. The maximum absolute atomic E-state index is 12.4. The van der Waals surface area contributed by atoms with Crippen LogP contribution in [0.15, 0.2) is 41.7 Å². The van der Waals surface area contributed by atoms with Gasteiger partial charge in [0, 0.05) is 0 Å². The number of carbonyl (C=O) groups excluding carboxylic acids is 1. The monoisotopic (exact) mass is 352 g/mol. The van der Waals surface area contributed by atoms with Crippen LogP contribution in [0.2, 0.25) is 0 Å². The van der Waals surface area contributed by atoms with Crippen LogP contribution in [0.25, 0.3) is 0 Å². The van der Waals surface area contributed by atoms with E-state index in [9.17, 15) is 4.79 Å². The molecule has 5 nitrogen and oxygen atoms in total. The molecule has 0 N–H and O–H groups in total. The predicted molar refractivity (Wildman–Crippen MR) is 93.3 cm³/mol. The molecule has 1 aromatic rings. The van der Waals surface area contributed by atoms with Crippen molar-refractivity contribution in [2.24, 2.45) is 0 Å². The van der Waals surface area contributed by atoms with Crippen LogP contribution < -0.4 is 0 Å². The summed E-state index contributed by atoms with van der Waals surface area (Å²) in [6.07, 6.45) is 0. The van der Waals surface area contributed by atoms with Crippen LogP contribution in [0.5, 0.6) is 0 Å². The number of benzene rings is 1. The van der Waals surface area contributed by atoms with Gasteiger partial charge in [0.25, 0.3) is 0 Å². The minimum absolute atomic E-state index is 0.0561. The van der Waals surface area contributed by atoms with E-state index in [1.165, 1.54) is 0 Å². The Kier molecular flexibility index (Phi) is 4.12. The first kappa shape index (κ1) is 17.6. The number of Topliss-reactive ketones (excluding diaryl/α,β-unsaturated/α-hetero) is 1. The molecule has 1 atom stereocenters. The van der Waals surface area contributed by atoms with Crippen LogP contribution >= 0.6 is 7.51 Å². The molecule has 2 heterocycles. The van der Waals surface area contributed by atoms with Crippen molar-refractivity contribution in [2.75, 3.05) is 13.2 Å². The van der Waals surface area contributed by atoms with Gasteiger partial charge in [0.2, 0.25) is 0 Å². The molecule has 1 spiro atoms. The molecule has 1 fully saturated rings. The van der Waals surface area contributed by atoms with E-state index in [-0.39, 0.29) is 5.78 Å². The average Bonchev–Trinajstić information content (AvgIpc) is 2.98. The number of hydrogen-bond donors (Lipinski definition) is 0. The van der Waals surface area contributed by atoms with E-state index < -0.39 is 18.8 Å². The molecule has 1 aromatic carbocycles. The fraction of sp³-hybridized carbons (Fsp3) is 0.500. The summed E-state index contributed by atoms with van der Waals surface area (Å²) in [6, 6.07) is 9.72. The summed E-state index contributed by atoms with van der Waals surface area (Å²) < 4.78 is 25.0. The number of allylic oxidation sites excluding steroid dienone is 2. The van der Waals surface area contributed by atoms with Crippen LogP contribution in [0.1, 0.15) is 45.8 Å². The molecule has 0 radical (unpaired) electrons. The Balaban J connectivity index is 2.24. The SMILES string of the molecule is CC(=O)C1=C(C)OP2(OC(C)(C)C)(OCCO2)[C@@H]1c1ccccc1. The quantitative estimate of drug-likeness (QED) is 0.738. The summed E-state index contributed by atoms with van der Waals surface area (Å²) in [5, 5.41) is 0. The molecule has 0 amide bonds. The molecule has 1 saturated heterocycles. The summed E-state index contributed by atoms with van der Waals surface area (Å²) in [5.74, 6) is 0.472. The fourth-order valence-corrected chi connectivity index (χ4v) is 8.16. The van der Waals surface area contributed by atoms with Crippen molar-refractivity contribution in [2.45, 2.75) is 45.9 Å². The third-order valence-corrected chi connectivity index (χ3v) is 8.21. The predicted octanol–water partition coefficient (Wildman–Crippen LogP) is 4.70. The molecule has 24 heavy (non-hydrogen) atoms.